The molecule has 0 aliphatic carbocycles. The largest absolute Gasteiger partial charge is 0.480 e. The lowest BCUT2D eigenvalue weighted by atomic mass is 10.2. The third kappa shape index (κ3) is 3.02. The highest BCUT2D eigenvalue weighted by molar-refractivity contribution is 7.98. The van der Waals surface area contributed by atoms with Crippen LogP contribution in [0.1, 0.15) is 16.3 Å². The molecule has 6 nitrogen and oxygen atoms in total. The van der Waals surface area contributed by atoms with Crippen LogP contribution in [-0.2, 0) is 10.5 Å². The molecule has 2 aromatic rings. The first-order valence-corrected chi connectivity index (χ1v) is 7.95. The van der Waals surface area contributed by atoms with Crippen molar-refractivity contribution in [2.45, 2.75) is 25.6 Å². The zero-order valence-corrected chi connectivity index (χ0v) is 12.8. The summed E-state index contributed by atoms with van der Waals surface area (Å²) in [6.07, 6.45) is 0. The lowest BCUT2D eigenvalue weighted by Gasteiger charge is -2.06. The number of rotatable bonds is 5. The molecule has 0 spiro atoms. The number of anilines is 1. The van der Waals surface area contributed by atoms with Crippen LogP contribution in [0.4, 0.5) is 5.82 Å². The molecule has 2 rings (SSSR count). The van der Waals surface area contributed by atoms with Gasteiger partial charge in [0.1, 0.15) is 22.5 Å². The molecule has 0 saturated heterocycles. The maximum Gasteiger partial charge on any atom is 0.321 e. The predicted molar refractivity (Wildman–Crippen MR) is 83.1 cm³/mol. The number of fused-ring (bicyclic) bond motifs is 1. The Hall–Kier alpha value is -1.38. The van der Waals surface area contributed by atoms with E-state index >= 15 is 0 Å². The molecule has 0 aliphatic rings. The van der Waals surface area contributed by atoms with Gasteiger partial charge in [-0.1, -0.05) is 0 Å². The second-order valence-corrected chi connectivity index (χ2v) is 6.68. The topological polar surface area (TPSA) is 115 Å². The summed E-state index contributed by atoms with van der Waals surface area (Å²) in [6.45, 7) is 4.04. The van der Waals surface area contributed by atoms with E-state index in [-0.39, 0.29) is 0 Å². The van der Waals surface area contributed by atoms with Crippen molar-refractivity contribution in [1.82, 2.24) is 9.97 Å². The van der Waals surface area contributed by atoms with Crippen LogP contribution in [0.5, 0.6) is 0 Å². The van der Waals surface area contributed by atoms with Crippen molar-refractivity contribution < 1.29 is 9.90 Å². The number of carbonyl (C=O) groups is 1. The molecule has 8 heteroatoms. The Bertz CT molecular complexity index is 656. The van der Waals surface area contributed by atoms with Gasteiger partial charge in [0.25, 0.3) is 0 Å². The molecule has 2 aromatic heterocycles. The van der Waals surface area contributed by atoms with Crippen LogP contribution in [0.25, 0.3) is 10.2 Å². The van der Waals surface area contributed by atoms with E-state index in [0.717, 1.165) is 15.8 Å². The van der Waals surface area contributed by atoms with Crippen molar-refractivity contribution in [3.8, 4) is 0 Å². The van der Waals surface area contributed by atoms with Gasteiger partial charge in [0.05, 0.1) is 11.1 Å². The van der Waals surface area contributed by atoms with Crippen molar-refractivity contribution in [2.24, 2.45) is 5.73 Å². The molecule has 20 heavy (non-hydrogen) atoms. The van der Waals surface area contributed by atoms with Crippen molar-refractivity contribution in [3.05, 3.63) is 16.3 Å². The summed E-state index contributed by atoms with van der Waals surface area (Å²) in [7, 11) is 0. The van der Waals surface area contributed by atoms with E-state index in [9.17, 15) is 4.79 Å². The number of thiophene rings is 1. The second-order valence-electron chi connectivity index (χ2n) is 4.45. The Morgan fingerprint density at radius 2 is 2.15 bits per heavy atom. The van der Waals surface area contributed by atoms with Gasteiger partial charge in [0, 0.05) is 10.6 Å². The third-order valence-electron chi connectivity index (χ3n) is 2.95. The molecule has 0 aliphatic heterocycles. The second kappa shape index (κ2) is 5.94. The molecule has 5 N–H and O–H groups in total. The van der Waals surface area contributed by atoms with E-state index < -0.39 is 12.0 Å². The molecule has 0 radical (unpaired) electrons. The van der Waals surface area contributed by atoms with E-state index in [1.165, 1.54) is 16.6 Å². The summed E-state index contributed by atoms with van der Waals surface area (Å²) in [6, 6.07) is -0.868. The lowest BCUT2D eigenvalue weighted by Crippen LogP contribution is -2.32. The van der Waals surface area contributed by atoms with Crippen LogP contribution in [0.15, 0.2) is 0 Å². The predicted octanol–water partition coefficient (Wildman–Crippen LogP) is 1.54. The lowest BCUT2D eigenvalue weighted by molar-refractivity contribution is -0.137. The third-order valence-corrected chi connectivity index (χ3v) is 5.11. The van der Waals surface area contributed by atoms with E-state index in [0.29, 0.717) is 23.1 Å². The fourth-order valence-electron chi connectivity index (χ4n) is 1.74. The van der Waals surface area contributed by atoms with Crippen LogP contribution in [0.2, 0.25) is 0 Å². The Balaban J connectivity index is 2.14. The number of aliphatic carboxylic acids is 1. The SMILES string of the molecule is Cc1sc2nc(CSC[C@@H](N)C(=O)O)nc(N)c2c1C. The van der Waals surface area contributed by atoms with Gasteiger partial charge in [-0.2, -0.15) is 11.8 Å². The van der Waals surface area contributed by atoms with Crippen LogP contribution in [0, 0.1) is 13.8 Å². The van der Waals surface area contributed by atoms with E-state index in [1.807, 2.05) is 13.8 Å². The molecule has 0 amide bonds. The average molecular weight is 312 g/mol. The summed E-state index contributed by atoms with van der Waals surface area (Å²) in [5, 5.41) is 9.63. The minimum absolute atomic E-state index is 0.319. The van der Waals surface area contributed by atoms with Gasteiger partial charge < -0.3 is 16.6 Å². The molecule has 108 valence electrons. The zero-order valence-electron chi connectivity index (χ0n) is 11.2. The number of hydrogen-bond acceptors (Lipinski definition) is 7. The van der Waals surface area contributed by atoms with Crippen molar-refractivity contribution in [1.29, 1.82) is 0 Å². The fourth-order valence-corrected chi connectivity index (χ4v) is 3.62. The van der Waals surface area contributed by atoms with Crippen LogP contribution in [-0.4, -0.2) is 32.8 Å². The molecule has 1 atom stereocenters. The first-order chi connectivity index (χ1) is 9.40. The first-order valence-electron chi connectivity index (χ1n) is 5.98. The Kier molecular flexibility index (Phi) is 4.46. The number of aromatic nitrogens is 2. The maximum absolute atomic E-state index is 10.6. The van der Waals surface area contributed by atoms with E-state index in [2.05, 4.69) is 9.97 Å². The summed E-state index contributed by atoms with van der Waals surface area (Å²) < 4.78 is 0. The standard InChI is InChI=1S/C12H16N4O2S2/c1-5-6(2)20-11-9(5)10(14)15-8(16-11)4-19-3-7(13)12(17)18/h7H,3-4,13H2,1-2H3,(H,17,18)(H2,14,15,16)/t7-/m1/s1. The van der Waals surface area contributed by atoms with Crippen LogP contribution >= 0.6 is 23.1 Å². The highest BCUT2D eigenvalue weighted by atomic mass is 32.2. The van der Waals surface area contributed by atoms with Gasteiger partial charge in [-0.05, 0) is 19.4 Å². The van der Waals surface area contributed by atoms with Crippen molar-refractivity contribution >= 4 is 45.1 Å². The van der Waals surface area contributed by atoms with Gasteiger partial charge >= 0.3 is 5.97 Å². The Labute approximate surface area is 124 Å². The summed E-state index contributed by atoms with van der Waals surface area (Å²) in [5.74, 6) is 0.905. The number of hydrogen-bond donors (Lipinski definition) is 3. The minimum Gasteiger partial charge on any atom is -0.480 e. The molecular weight excluding hydrogens is 296 g/mol. The quantitative estimate of drug-likeness (QED) is 0.767. The van der Waals surface area contributed by atoms with Crippen molar-refractivity contribution in [2.75, 3.05) is 11.5 Å². The fraction of sp³-hybridized carbons (Fsp3) is 0.417. The van der Waals surface area contributed by atoms with Gasteiger partial charge in [-0.25, -0.2) is 9.97 Å². The normalized spacial score (nSPS) is 12.8. The van der Waals surface area contributed by atoms with E-state index in [4.69, 9.17) is 16.6 Å². The maximum atomic E-state index is 10.6. The number of carboxylic acids is 1. The van der Waals surface area contributed by atoms with Crippen LogP contribution < -0.4 is 11.5 Å². The Morgan fingerprint density at radius 3 is 2.80 bits per heavy atom. The number of nitrogen functional groups attached to an aromatic ring is 1. The van der Waals surface area contributed by atoms with Crippen LogP contribution in [0.3, 0.4) is 0 Å². The zero-order chi connectivity index (χ0) is 14.9. The summed E-state index contributed by atoms with van der Waals surface area (Å²) >= 11 is 2.98. The van der Waals surface area contributed by atoms with Gasteiger partial charge in [-0.15, -0.1) is 11.3 Å². The highest BCUT2D eigenvalue weighted by Gasteiger charge is 2.14. The summed E-state index contributed by atoms with van der Waals surface area (Å²) in [4.78, 5) is 21.4. The molecule has 2 heterocycles. The highest BCUT2D eigenvalue weighted by Crippen LogP contribution is 2.32. The Morgan fingerprint density at radius 1 is 1.45 bits per heavy atom. The van der Waals surface area contributed by atoms with Gasteiger partial charge in [0.2, 0.25) is 0 Å². The number of nitrogens with two attached hydrogens (primary N) is 2. The smallest absolute Gasteiger partial charge is 0.321 e. The minimum atomic E-state index is -1.00. The monoisotopic (exact) mass is 312 g/mol. The molecule has 0 unspecified atom stereocenters. The van der Waals surface area contributed by atoms with E-state index in [1.54, 1.807) is 11.3 Å². The molecule has 0 bridgehead atoms. The number of nitrogens with zero attached hydrogens (tertiary/aromatic N) is 2. The summed E-state index contributed by atoms with van der Waals surface area (Å²) in [5.41, 5.74) is 12.5. The first kappa shape index (κ1) is 15.0. The number of aryl methyl sites for hydroxylation is 2. The average Bonchev–Trinajstić information content (AvgIpc) is 2.65. The molecule has 0 fully saturated rings. The number of carboxylic acid groups (broad SMARTS) is 1. The van der Waals surface area contributed by atoms with Crippen molar-refractivity contribution in [3.63, 3.8) is 0 Å². The molecule has 0 saturated carbocycles. The molecule has 0 aromatic carbocycles. The molecular formula is C12H16N4O2S2. The number of thioether (sulfide) groups is 1. The van der Waals surface area contributed by atoms with Gasteiger partial charge in [0.15, 0.2) is 0 Å². The van der Waals surface area contributed by atoms with Gasteiger partial charge in [-0.3, -0.25) is 4.79 Å².